The molecule has 0 aliphatic carbocycles. The Kier molecular flexibility index (Phi) is 3.96. The second-order valence-corrected chi connectivity index (χ2v) is 3.93. The van der Waals surface area contributed by atoms with Crippen molar-refractivity contribution in [2.75, 3.05) is 11.9 Å². The maximum Gasteiger partial charge on any atom is 0.258 e. The highest BCUT2D eigenvalue weighted by atomic mass is 16.1. The van der Waals surface area contributed by atoms with Crippen molar-refractivity contribution in [3.05, 3.63) is 47.3 Å². The van der Waals surface area contributed by atoms with Crippen molar-refractivity contribution < 1.29 is 4.79 Å². The standard InChI is InChI=1S/C14H14N4O/c1-10-4-5-12(9-11(10)3-2-6-15)13(19)18-14-16-7-8-17-14/h4-5,7-9H,6,15H2,1H3,(H2,16,17,18,19). The highest BCUT2D eigenvalue weighted by Gasteiger charge is 2.08. The van der Waals surface area contributed by atoms with E-state index in [0.717, 1.165) is 11.1 Å². The monoisotopic (exact) mass is 254 g/mol. The van der Waals surface area contributed by atoms with Crippen molar-refractivity contribution in [1.29, 1.82) is 0 Å². The molecule has 96 valence electrons. The Balaban J connectivity index is 2.22. The van der Waals surface area contributed by atoms with Gasteiger partial charge in [-0.2, -0.15) is 0 Å². The van der Waals surface area contributed by atoms with Gasteiger partial charge in [-0.25, -0.2) is 4.98 Å². The lowest BCUT2D eigenvalue weighted by Gasteiger charge is -2.04. The maximum atomic E-state index is 12.0. The van der Waals surface area contributed by atoms with Crippen LogP contribution in [0.5, 0.6) is 0 Å². The molecule has 1 aromatic heterocycles. The average molecular weight is 254 g/mol. The molecule has 0 bridgehead atoms. The number of aromatic nitrogens is 2. The number of hydrogen-bond donors (Lipinski definition) is 3. The molecular weight excluding hydrogens is 240 g/mol. The molecule has 0 fully saturated rings. The maximum absolute atomic E-state index is 12.0. The Bertz CT molecular complexity index is 635. The molecule has 0 spiro atoms. The summed E-state index contributed by atoms with van der Waals surface area (Å²) in [6.07, 6.45) is 3.21. The van der Waals surface area contributed by atoms with Gasteiger partial charge in [0.2, 0.25) is 5.95 Å². The van der Waals surface area contributed by atoms with Crippen LogP contribution in [0.1, 0.15) is 21.5 Å². The lowest BCUT2D eigenvalue weighted by molar-refractivity contribution is 0.102. The SMILES string of the molecule is Cc1ccc(C(=O)Nc2ncc[nH]2)cc1C#CCN. The Hall–Kier alpha value is -2.58. The number of aryl methyl sites for hydroxylation is 1. The fourth-order valence-corrected chi connectivity index (χ4v) is 1.56. The number of hydrogen-bond acceptors (Lipinski definition) is 3. The van der Waals surface area contributed by atoms with E-state index in [1.54, 1.807) is 24.5 Å². The summed E-state index contributed by atoms with van der Waals surface area (Å²) >= 11 is 0. The molecule has 19 heavy (non-hydrogen) atoms. The Morgan fingerprint density at radius 2 is 2.37 bits per heavy atom. The third-order valence-corrected chi connectivity index (χ3v) is 2.56. The van der Waals surface area contributed by atoms with Crippen LogP contribution in [-0.2, 0) is 0 Å². The first kappa shape index (κ1) is 12.9. The van der Waals surface area contributed by atoms with Crippen molar-refractivity contribution in [1.82, 2.24) is 9.97 Å². The van der Waals surface area contributed by atoms with Crippen LogP contribution in [-0.4, -0.2) is 22.4 Å². The molecule has 0 aliphatic heterocycles. The predicted molar refractivity (Wildman–Crippen MR) is 73.7 cm³/mol. The summed E-state index contributed by atoms with van der Waals surface area (Å²) in [5.41, 5.74) is 7.69. The zero-order valence-corrected chi connectivity index (χ0v) is 10.5. The van der Waals surface area contributed by atoms with E-state index in [4.69, 9.17) is 5.73 Å². The molecule has 5 heteroatoms. The highest BCUT2D eigenvalue weighted by molar-refractivity contribution is 6.03. The molecule has 2 rings (SSSR count). The van der Waals surface area contributed by atoms with E-state index in [9.17, 15) is 4.79 Å². The van der Waals surface area contributed by atoms with Crippen molar-refractivity contribution in [2.24, 2.45) is 5.73 Å². The summed E-state index contributed by atoms with van der Waals surface area (Å²) in [6.45, 7) is 2.23. The minimum Gasteiger partial charge on any atom is -0.331 e. The normalized spacial score (nSPS) is 9.58. The fraction of sp³-hybridized carbons (Fsp3) is 0.143. The van der Waals surface area contributed by atoms with E-state index in [1.807, 2.05) is 13.0 Å². The van der Waals surface area contributed by atoms with Crippen LogP contribution in [0.2, 0.25) is 0 Å². The van der Waals surface area contributed by atoms with E-state index in [0.29, 0.717) is 18.1 Å². The van der Waals surface area contributed by atoms with Crippen LogP contribution >= 0.6 is 0 Å². The molecule has 5 nitrogen and oxygen atoms in total. The molecule has 4 N–H and O–H groups in total. The number of carbonyl (C=O) groups is 1. The van der Waals surface area contributed by atoms with Gasteiger partial charge < -0.3 is 10.7 Å². The second-order valence-electron chi connectivity index (χ2n) is 3.93. The minimum atomic E-state index is -0.231. The van der Waals surface area contributed by atoms with E-state index in [-0.39, 0.29) is 5.91 Å². The fourth-order valence-electron chi connectivity index (χ4n) is 1.56. The number of carbonyl (C=O) groups excluding carboxylic acids is 1. The number of nitrogens with one attached hydrogen (secondary N) is 2. The number of imidazole rings is 1. The average Bonchev–Trinajstić information content (AvgIpc) is 2.90. The van der Waals surface area contributed by atoms with Crippen LogP contribution in [0.4, 0.5) is 5.95 Å². The largest absolute Gasteiger partial charge is 0.331 e. The summed E-state index contributed by atoms with van der Waals surface area (Å²) in [5.74, 6) is 5.92. The summed E-state index contributed by atoms with van der Waals surface area (Å²) in [5, 5.41) is 2.66. The third-order valence-electron chi connectivity index (χ3n) is 2.56. The molecule has 0 saturated carbocycles. The number of aromatic amines is 1. The first-order chi connectivity index (χ1) is 9.20. The van der Waals surface area contributed by atoms with Gasteiger partial charge in [0.1, 0.15) is 0 Å². The second kappa shape index (κ2) is 5.85. The summed E-state index contributed by atoms with van der Waals surface area (Å²) in [7, 11) is 0. The van der Waals surface area contributed by atoms with E-state index in [1.165, 1.54) is 0 Å². The number of rotatable bonds is 2. The van der Waals surface area contributed by atoms with Gasteiger partial charge in [0.15, 0.2) is 0 Å². The number of nitrogens with two attached hydrogens (primary N) is 1. The van der Waals surface area contributed by atoms with Gasteiger partial charge in [0, 0.05) is 23.5 Å². The summed E-state index contributed by atoms with van der Waals surface area (Å²) < 4.78 is 0. The number of anilines is 1. The van der Waals surface area contributed by atoms with Crippen LogP contribution in [0.25, 0.3) is 0 Å². The van der Waals surface area contributed by atoms with Crippen molar-refractivity contribution in [2.45, 2.75) is 6.92 Å². The molecule has 0 radical (unpaired) electrons. The summed E-state index contributed by atoms with van der Waals surface area (Å²) in [6, 6.07) is 5.36. The van der Waals surface area contributed by atoms with Crippen LogP contribution in [0.15, 0.2) is 30.6 Å². The minimum absolute atomic E-state index is 0.231. The van der Waals surface area contributed by atoms with Crippen molar-refractivity contribution >= 4 is 11.9 Å². The zero-order chi connectivity index (χ0) is 13.7. The number of amides is 1. The van der Waals surface area contributed by atoms with Crippen LogP contribution in [0, 0.1) is 18.8 Å². The number of nitrogens with zero attached hydrogens (tertiary/aromatic N) is 1. The van der Waals surface area contributed by atoms with Gasteiger partial charge in [-0.3, -0.25) is 10.1 Å². The third kappa shape index (κ3) is 3.21. The van der Waals surface area contributed by atoms with E-state index >= 15 is 0 Å². The van der Waals surface area contributed by atoms with Gasteiger partial charge in [-0.15, -0.1) is 0 Å². The van der Waals surface area contributed by atoms with Gasteiger partial charge in [-0.05, 0) is 24.6 Å². The molecule has 1 aromatic carbocycles. The lowest BCUT2D eigenvalue weighted by atomic mass is 10.0. The quantitative estimate of drug-likeness (QED) is 0.706. The van der Waals surface area contributed by atoms with Gasteiger partial charge in [0.05, 0.1) is 6.54 Å². The molecule has 0 unspecified atom stereocenters. The molecule has 0 saturated heterocycles. The Morgan fingerprint density at radius 3 is 3.05 bits per heavy atom. The molecule has 0 aliphatic rings. The molecule has 0 atom stereocenters. The van der Waals surface area contributed by atoms with Gasteiger partial charge in [-0.1, -0.05) is 17.9 Å². The molecule has 2 aromatic rings. The summed E-state index contributed by atoms with van der Waals surface area (Å²) in [4.78, 5) is 18.8. The predicted octanol–water partition coefficient (Wildman–Crippen LogP) is 1.28. The van der Waals surface area contributed by atoms with Crippen molar-refractivity contribution in [3.63, 3.8) is 0 Å². The van der Waals surface area contributed by atoms with Crippen LogP contribution < -0.4 is 11.1 Å². The van der Waals surface area contributed by atoms with Gasteiger partial charge >= 0.3 is 0 Å². The first-order valence-corrected chi connectivity index (χ1v) is 5.81. The number of H-pyrrole nitrogens is 1. The van der Waals surface area contributed by atoms with E-state index < -0.39 is 0 Å². The zero-order valence-electron chi connectivity index (χ0n) is 10.5. The highest BCUT2D eigenvalue weighted by Crippen LogP contribution is 2.11. The Labute approximate surface area is 111 Å². The number of benzene rings is 1. The van der Waals surface area contributed by atoms with Crippen molar-refractivity contribution in [3.8, 4) is 11.8 Å². The topological polar surface area (TPSA) is 83.8 Å². The molecule has 1 amide bonds. The molecular formula is C14H14N4O. The molecule has 1 heterocycles. The van der Waals surface area contributed by atoms with Gasteiger partial charge in [0.25, 0.3) is 5.91 Å². The lowest BCUT2D eigenvalue weighted by Crippen LogP contribution is -2.13. The van der Waals surface area contributed by atoms with Crippen LogP contribution in [0.3, 0.4) is 0 Å². The van der Waals surface area contributed by atoms with E-state index in [2.05, 4.69) is 27.1 Å². The first-order valence-electron chi connectivity index (χ1n) is 5.81. The smallest absolute Gasteiger partial charge is 0.258 e. The Morgan fingerprint density at radius 1 is 1.53 bits per heavy atom.